The van der Waals surface area contributed by atoms with Gasteiger partial charge in [-0.1, -0.05) is 30.6 Å². The third-order valence-electron chi connectivity index (χ3n) is 8.38. The van der Waals surface area contributed by atoms with Crippen LogP contribution < -0.4 is 73.5 Å². The number of carbonyl (C=O) groups is 3. The van der Waals surface area contributed by atoms with Gasteiger partial charge in [-0.2, -0.15) is 36.5 Å². The summed E-state index contributed by atoms with van der Waals surface area (Å²) in [5.74, 6) is -3.39. The number of hydrogen-bond acceptors (Lipinski definition) is 6. The molecule has 6 N–H and O–H groups in total. The number of amides is 4. The number of urea groups is 1. The van der Waals surface area contributed by atoms with Crippen molar-refractivity contribution in [2.45, 2.75) is 71.3 Å². The molecule has 58 heavy (non-hydrogen) atoms. The van der Waals surface area contributed by atoms with Crippen LogP contribution >= 0.6 is 23.2 Å². The van der Waals surface area contributed by atoms with Gasteiger partial charge in [-0.05, 0) is 57.2 Å². The Balaban J connectivity index is 0.000000391. The summed E-state index contributed by atoms with van der Waals surface area (Å²) in [7, 11) is 0. The number of hydrogen-bond donors (Lipinski definition) is 4. The number of nitrogens with one attached hydrogen (secondary N) is 2. The molecule has 0 saturated carbocycles. The Kier molecular flexibility index (Phi) is 16.6. The summed E-state index contributed by atoms with van der Waals surface area (Å²) in [6.07, 6.45) is -9.32. The Labute approximate surface area is 380 Å². The minimum atomic E-state index is -4.77. The monoisotopic (exact) mass is 893 g/mol. The van der Waals surface area contributed by atoms with Crippen LogP contribution in [0.25, 0.3) is 22.5 Å². The van der Waals surface area contributed by atoms with Gasteiger partial charge >= 0.3 is 69.8 Å². The summed E-state index contributed by atoms with van der Waals surface area (Å²) in [4.78, 5) is 37.5. The van der Waals surface area contributed by atoms with E-state index in [4.69, 9.17) is 34.7 Å². The number of nitrogens with two attached hydrogens (primary N) is 2. The normalized spacial score (nSPS) is 16.3. The van der Waals surface area contributed by atoms with E-state index in [1.165, 1.54) is 18.2 Å². The first-order valence-corrected chi connectivity index (χ1v) is 16.8. The zero-order chi connectivity index (χ0) is 40.9. The van der Waals surface area contributed by atoms with Crippen molar-refractivity contribution in [2.75, 3.05) is 13.1 Å². The van der Waals surface area contributed by atoms with Crippen molar-refractivity contribution in [1.29, 1.82) is 0 Å². The van der Waals surface area contributed by atoms with Crippen LogP contribution in [0.3, 0.4) is 0 Å². The molecule has 2 aromatic heterocycles. The van der Waals surface area contributed by atoms with Gasteiger partial charge in [0, 0.05) is 29.8 Å². The van der Waals surface area contributed by atoms with Gasteiger partial charge in [-0.3, -0.25) is 19.0 Å². The van der Waals surface area contributed by atoms with E-state index in [0.29, 0.717) is 4.68 Å². The molecule has 0 aliphatic carbocycles. The summed E-state index contributed by atoms with van der Waals surface area (Å²) in [6, 6.07) is 2.03. The molecule has 12 nitrogen and oxygen atoms in total. The number of primary amides is 2. The Hall–Kier alpha value is -3.31. The number of aromatic nitrogens is 4. The van der Waals surface area contributed by atoms with E-state index in [9.17, 15) is 49.5 Å². The first-order chi connectivity index (χ1) is 25.4. The fourth-order valence-electron chi connectivity index (χ4n) is 5.98. The van der Waals surface area contributed by atoms with E-state index < -0.39 is 66.0 Å². The topological polar surface area (TPSA) is 166 Å². The zero-order valence-electron chi connectivity index (χ0n) is 30.8. The van der Waals surface area contributed by atoms with Crippen LogP contribution in [0.15, 0.2) is 36.4 Å². The quantitative estimate of drug-likeness (QED) is 0.133. The Bertz CT molecular complexity index is 2170. The average molecular weight is 895 g/mol. The molecule has 4 heterocycles. The molecule has 2 aliphatic heterocycles. The SMILES string of the molecule is C.CC(C)(C)NC(=O)N1Cc2c(C(N)=O)c(-c3ccc(F)c(Cl)c3)nn2C(C(F)(F)F)C1.NC(=O)c1c(-c2ccc(F)c(Cl)c2)nn2c1CNCC2C(F)(F)F.[CH3-].[K+]. The van der Waals surface area contributed by atoms with Crippen LogP contribution in [0.1, 0.15) is 72.4 Å². The third-order valence-corrected chi connectivity index (χ3v) is 8.96. The average Bonchev–Trinajstić information content (AvgIpc) is 3.65. The molecule has 2 unspecified atom stereocenters. The second kappa shape index (κ2) is 18.9. The van der Waals surface area contributed by atoms with Crippen LogP contribution in [0.5, 0.6) is 0 Å². The number of alkyl halides is 6. The van der Waals surface area contributed by atoms with Gasteiger partial charge in [0.2, 0.25) is 0 Å². The Morgan fingerprint density at radius 1 is 0.793 bits per heavy atom. The molecule has 4 aromatic rings. The Morgan fingerprint density at radius 3 is 1.62 bits per heavy atom. The zero-order valence-corrected chi connectivity index (χ0v) is 35.5. The van der Waals surface area contributed by atoms with Crippen LogP contribution in [-0.4, -0.2) is 73.3 Å². The van der Waals surface area contributed by atoms with Gasteiger partial charge in [0.1, 0.15) is 23.0 Å². The molecular formula is C35H38Cl2F8KN9O3. The van der Waals surface area contributed by atoms with Gasteiger partial charge in [0.25, 0.3) is 11.8 Å². The van der Waals surface area contributed by atoms with E-state index in [1.54, 1.807) is 20.8 Å². The van der Waals surface area contributed by atoms with Crippen LogP contribution in [0.4, 0.5) is 39.9 Å². The molecule has 0 spiro atoms. The maximum atomic E-state index is 13.9. The summed E-state index contributed by atoms with van der Waals surface area (Å²) in [5, 5.41) is 12.6. The maximum absolute atomic E-state index is 13.9. The number of benzene rings is 2. The van der Waals surface area contributed by atoms with Crippen molar-refractivity contribution in [1.82, 2.24) is 35.1 Å². The fraction of sp³-hybridized carbons (Fsp3) is 0.371. The van der Waals surface area contributed by atoms with Gasteiger partial charge in [0.05, 0.1) is 45.6 Å². The molecule has 0 fully saturated rings. The van der Waals surface area contributed by atoms with E-state index in [2.05, 4.69) is 20.8 Å². The molecule has 6 rings (SSSR count). The number of fused-ring (bicyclic) bond motifs is 2. The summed E-state index contributed by atoms with van der Waals surface area (Å²) in [5.41, 5.74) is 9.65. The number of halogens is 10. The first kappa shape index (κ1) is 50.8. The van der Waals surface area contributed by atoms with Gasteiger partial charge in [0.15, 0.2) is 12.1 Å². The molecule has 0 bridgehead atoms. The molecule has 2 atom stereocenters. The van der Waals surface area contributed by atoms with Crippen LogP contribution in [0, 0.1) is 19.1 Å². The predicted molar refractivity (Wildman–Crippen MR) is 196 cm³/mol. The smallest absolute Gasteiger partial charge is 0.365 e. The van der Waals surface area contributed by atoms with E-state index in [0.717, 1.165) is 27.8 Å². The number of rotatable bonds is 4. The molecule has 23 heteroatoms. The van der Waals surface area contributed by atoms with Crippen molar-refractivity contribution in [3.05, 3.63) is 88.0 Å². The molecule has 0 saturated heterocycles. The summed E-state index contributed by atoms with van der Waals surface area (Å²) < 4.78 is 109. The molecule has 2 aromatic carbocycles. The van der Waals surface area contributed by atoms with Crippen LogP contribution in [-0.2, 0) is 13.1 Å². The Morgan fingerprint density at radius 2 is 1.22 bits per heavy atom. The van der Waals surface area contributed by atoms with Crippen molar-refractivity contribution in [3.63, 3.8) is 0 Å². The number of nitrogens with zero attached hydrogens (tertiary/aromatic N) is 5. The van der Waals surface area contributed by atoms with Gasteiger partial charge in [-0.15, -0.1) is 0 Å². The van der Waals surface area contributed by atoms with Crippen molar-refractivity contribution < 1.29 is 101 Å². The van der Waals surface area contributed by atoms with Crippen molar-refractivity contribution in [2.24, 2.45) is 11.5 Å². The van der Waals surface area contributed by atoms with E-state index in [1.807, 2.05) is 0 Å². The van der Waals surface area contributed by atoms with Crippen molar-refractivity contribution in [3.8, 4) is 22.5 Å². The van der Waals surface area contributed by atoms with Gasteiger partial charge < -0.3 is 34.4 Å². The molecule has 312 valence electrons. The third kappa shape index (κ3) is 10.9. The van der Waals surface area contributed by atoms with E-state index in [-0.39, 0.29) is 141 Å². The fourth-order valence-corrected chi connectivity index (χ4v) is 6.34. The predicted octanol–water partition coefficient (Wildman–Crippen LogP) is 4.61. The first-order valence-electron chi connectivity index (χ1n) is 16.0. The largest absolute Gasteiger partial charge is 1.00 e. The maximum Gasteiger partial charge on any atom is 1.00 e. The molecular weight excluding hydrogens is 856 g/mol. The van der Waals surface area contributed by atoms with Gasteiger partial charge in [-0.25, -0.2) is 13.6 Å². The minimum absolute atomic E-state index is 0. The van der Waals surface area contributed by atoms with Crippen molar-refractivity contribution >= 4 is 41.0 Å². The summed E-state index contributed by atoms with van der Waals surface area (Å²) in [6.45, 7) is 3.66. The van der Waals surface area contributed by atoms with Crippen LogP contribution in [0.2, 0.25) is 10.0 Å². The minimum Gasteiger partial charge on any atom is -0.365 e. The molecule has 2 aliphatic rings. The molecule has 4 amide bonds. The molecule has 0 radical (unpaired) electrons. The second-order valence-corrected chi connectivity index (χ2v) is 14.3. The van der Waals surface area contributed by atoms with E-state index >= 15 is 0 Å². The summed E-state index contributed by atoms with van der Waals surface area (Å²) >= 11 is 11.5. The standard InChI is InChI=1S/C19H20ClF4N5O2.C14H11ClF4N4O.CH4.CH3.K/c1-18(2,3)26-17(31)28-7-12-14(16(25)30)15(9-4-5-11(21)10(20)6-9)27-29(12)13(8-28)19(22,23)24;15-7-3-6(1-2-8(7)16)12-11(13(20)24)9-4-21-5-10(14(17,18)19)23(9)22-12;;;/h4-6,13H,7-8H2,1-3H3,(H2,25,30)(H,26,31);1-3,10,21H,4-5H2,(H2,20,24);1H4;1H3;/q;;;-1;+1. The number of carbonyl (C=O) groups excluding carboxylic acids is 3. The second-order valence-electron chi connectivity index (χ2n) is 13.5.